The third kappa shape index (κ3) is 3.93. The molecule has 3 aromatic rings. The van der Waals surface area contributed by atoms with Gasteiger partial charge in [-0.2, -0.15) is 0 Å². The van der Waals surface area contributed by atoms with Crippen LogP contribution in [0.25, 0.3) is 5.57 Å². The number of imide groups is 1. The molecule has 1 aliphatic rings. The van der Waals surface area contributed by atoms with Gasteiger partial charge in [0.05, 0.1) is 12.7 Å². The van der Waals surface area contributed by atoms with Crippen LogP contribution in [0.1, 0.15) is 10.4 Å². The topological polar surface area (TPSA) is 58.6 Å². The van der Waals surface area contributed by atoms with Gasteiger partial charge in [-0.25, -0.2) is 0 Å². The van der Waals surface area contributed by atoms with Crippen LogP contribution >= 0.6 is 11.3 Å². The van der Waals surface area contributed by atoms with Gasteiger partial charge in [0, 0.05) is 17.1 Å². The van der Waals surface area contributed by atoms with E-state index in [-0.39, 0.29) is 11.8 Å². The lowest BCUT2D eigenvalue weighted by molar-refractivity contribution is -0.136. The maximum absolute atomic E-state index is 13.1. The van der Waals surface area contributed by atoms with E-state index in [9.17, 15) is 9.59 Å². The van der Waals surface area contributed by atoms with Crippen molar-refractivity contribution in [2.75, 3.05) is 19.0 Å². The van der Waals surface area contributed by atoms with Gasteiger partial charge in [0.1, 0.15) is 11.4 Å². The minimum Gasteiger partial charge on any atom is -0.497 e. The Kier molecular flexibility index (Phi) is 5.44. The zero-order chi connectivity index (χ0) is 20.2. The summed E-state index contributed by atoms with van der Waals surface area (Å²) >= 11 is 1.45. The van der Waals surface area contributed by atoms with Crippen molar-refractivity contribution in [2.24, 2.45) is 0 Å². The number of nitrogens with one attached hydrogen (secondary N) is 1. The van der Waals surface area contributed by atoms with Crippen LogP contribution in [-0.2, 0) is 16.0 Å². The van der Waals surface area contributed by atoms with E-state index in [1.807, 2.05) is 72.1 Å². The monoisotopic (exact) mass is 404 g/mol. The highest BCUT2D eigenvalue weighted by molar-refractivity contribution is 7.11. The van der Waals surface area contributed by atoms with Crippen molar-refractivity contribution < 1.29 is 14.3 Å². The van der Waals surface area contributed by atoms with E-state index in [4.69, 9.17) is 4.74 Å². The fourth-order valence-electron chi connectivity index (χ4n) is 3.25. The van der Waals surface area contributed by atoms with Crippen LogP contribution in [0.15, 0.2) is 77.8 Å². The molecule has 1 aromatic heterocycles. The van der Waals surface area contributed by atoms with E-state index in [0.29, 0.717) is 24.2 Å². The average molecular weight is 404 g/mol. The normalized spacial score (nSPS) is 13.9. The highest BCUT2D eigenvalue weighted by Crippen LogP contribution is 2.33. The summed E-state index contributed by atoms with van der Waals surface area (Å²) < 4.78 is 5.18. The predicted octanol–water partition coefficient (Wildman–Crippen LogP) is 4.19. The van der Waals surface area contributed by atoms with Gasteiger partial charge in [0.15, 0.2) is 0 Å². The Balaban J connectivity index is 1.61. The summed E-state index contributed by atoms with van der Waals surface area (Å²) in [6, 6.07) is 20.8. The summed E-state index contributed by atoms with van der Waals surface area (Å²) in [5, 5.41) is 5.06. The van der Waals surface area contributed by atoms with Crippen LogP contribution in [0.3, 0.4) is 0 Å². The number of methoxy groups -OCH3 is 1. The first kappa shape index (κ1) is 19.0. The lowest BCUT2D eigenvalue weighted by Gasteiger charge is -2.15. The van der Waals surface area contributed by atoms with E-state index in [2.05, 4.69) is 5.32 Å². The summed E-state index contributed by atoms with van der Waals surface area (Å²) in [7, 11) is 1.60. The fourth-order valence-corrected chi connectivity index (χ4v) is 4.02. The molecule has 0 bridgehead atoms. The molecule has 2 amide bonds. The van der Waals surface area contributed by atoms with Gasteiger partial charge in [0.2, 0.25) is 0 Å². The van der Waals surface area contributed by atoms with Gasteiger partial charge in [-0.15, -0.1) is 11.3 Å². The van der Waals surface area contributed by atoms with Gasteiger partial charge >= 0.3 is 0 Å². The van der Waals surface area contributed by atoms with Crippen molar-refractivity contribution in [1.82, 2.24) is 4.90 Å². The number of rotatable bonds is 7. The fraction of sp³-hybridized carbons (Fsp3) is 0.130. The average Bonchev–Trinajstić information content (AvgIpc) is 3.35. The standard InChI is InChI=1S/C23H20N2O3S/c1-28-18-11-9-17(10-12-18)24-21-20(19-8-5-15-29-19)22(26)25(23(21)27)14-13-16-6-3-2-4-7-16/h2-12,15,24H,13-14H2,1H3. The lowest BCUT2D eigenvalue weighted by Crippen LogP contribution is -2.34. The van der Waals surface area contributed by atoms with Crippen LogP contribution in [0, 0.1) is 0 Å². The van der Waals surface area contributed by atoms with Gasteiger partial charge < -0.3 is 10.1 Å². The number of hydrogen-bond acceptors (Lipinski definition) is 5. The van der Waals surface area contributed by atoms with E-state index in [1.54, 1.807) is 7.11 Å². The molecule has 0 aliphatic carbocycles. The SMILES string of the molecule is COc1ccc(NC2=C(c3cccs3)C(=O)N(CCc3ccccc3)C2=O)cc1. The van der Waals surface area contributed by atoms with E-state index in [1.165, 1.54) is 16.2 Å². The molecule has 5 nitrogen and oxygen atoms in total. The summed E-state index contributed by atoms with van der Waals surface area (Å²) in [5.74, 6) is 0.163. The molecule has 6 heteroatoms. The number of carbonyl (C=O) groups is 2. The highest BCUT2D eigenvalue weighted by atomic mass is 32.1. The summed E-state index contributed by atoms with van der Waals surface area (Å²) in [6.45, 7) is 0.338. The Morgan fingerprint density at radius 2 is 1.69 bits per heavy atom. The second-order valence-corrected chi connectivity index (χ2v) is 7.53. The third-order valence-electron chi connectivity index (χ3n) is 4.76. The molecular formula is C23H20N2O3S. The number of thiophene rings is 1. The number of anilines is 1. The molecule has 1 aliphatic heterocycles. The quantitative estimate of drug-likeness (QED) is 0.600. The van der Waals surface area contributed by atoms with Crippen molar-refractivity contribution in [1.29, 1.82) is 0 Å². The smallest absolute Gasteiger partial charge is 0.278 e. The predicted molar refractivity (Wildman–Crippen MR) is 115 cm³/mol. The number of hydrogen-bond donors (Lipinski definition) is 1. The first-order valence-electron chi connectivity index (χ1n) is 9.26. The molecule has 2 heterocycles. The number of ether oxygens (including phenoxy) is 1. The first-order valence-corrected chi connectivity index (χ1v) is 10.1. The van der Waals surface area contributed by atoms with E-state index < -0.39 is 0 Å². The molecule has 0 spiro atoms. The first-order chi connectivity index (χ1) is 14.2. The van der Waals surface area contributed by atoms with Gasteiger partial charge in [0.25, 0.3) is 11.8 Å². The van der Waals surface area contributed by atoms with Crippen LogP contribution < -0.4 is 10.1 Å². The van der Waals surface area contributed by atoms with E-state index in [0.717, 1.165) is 21.9 Å². The molecule has 146 valence electrons. The molecule has 1 N–H and O–H groups in total. The Bertz CT molecular complexity index is 1040. The number of carbonyl (C=O) groups excluding carboxylic acids is 2. The molecular weight excluding hydrogens is 384 g/mol. The van der Waals surface area contributed by atoms with Gasteiger partial charge in [-0.3, -0.25) is 14.5 Å². The van der Waals surface area contributed by atoms with Crippen molar-refractivity contribution in [3.05, 3.63) is 88.2 Å². The Morgan fingerprint density at radius 1 is 0.931 bits per heavy atom. The molecule has 29 heavy (non-hydrogen) atoms. The van der Waals surface area contributed by atoms with Crippen molar-refractivity contribution in [3.63, 3.8) is 0 Å². The summed E-state index contributed by atoms with van der Waals surface area (Å²) in [5.41, 5.74) is 2.55. The number of amides is 2. The van der Waals surface area contributed by atoms with Crippen molar-refractivity contribution in [3.8, 4) is 5.75 Å². The number of nitrogens with zero attached hydrogens (tertiary/aromatic N) is 1. The highest BCUT2D eigenvalue weighted by Gasteiger charge is 2.39. The molecule has 4 rings (SSSR count). The minimum absolute atomic E-state index is 0.260. The number of benzene rings is 2. The molecule has 0 fully saturated rings. The van der Waals surface area contributed by atoms with Gasteiger partial charge in [-0.1, -0.05) is 36.4 Å². The summed E-state index contributed by atoms with van der Waals surface area (Å²) in [6.07, 6.45) is 0.617. The summed E-state index contributed by atoms with van der Waals surface area (Å²) in [4.78, 5) is 28.4. The lowest BCUT2D eigenvalue weighted by atomic mass is 10.1. The second-order valence-electron chi connectivity index (χ2n) is 6.58. The molecule has 2 aromatic carbocycles. The zero-order valence-corrected chi connectivity index (χ0v) is 16.7. The molecule has 0 atom stereocenters. The Labute approximate surface area is 173 Å². The van der Waals surface area contributed by atoms with Gasteiger partial charge in [-0.05, 0) is 47.7 Å². The Hall–Kier alpha value is -3.38. The zero-order valence-electron chi connectivity index (χ0n) is 15.9. The molecule has 0 saturated heterocycles. The Morgan fingerprint density at radius 3 is 2.34 bits per heavy atom. The second kappa shape index (κ2) is 8.32. The molecule has 0 saturated carbocycles. The largest absolute Gasteiger partial charge is 0.497 e. The molecule has 0 radical (unpaired) electrons. The van der Waals surface area contributed by atoms with Crippen molar-refractivity contribution in [2.45, 2.75) is 6.42 Å². The van der Waals surface area contributed by atoms with Crippen molar-refractivity contribution >= 4 is 34.4 Å². The molecule has 0 unspecified atom stereocenters. The minimum atomic E-state index is -0.301. The van der Waals surface area contributed by atoms with Crippen LogP contribution in [0.5, 0.6) is 5.75 Å². The maximum Gasteiger partial charge on any atom is 0.278 e. The van der Waals surface area contributed by atoms with E-state index >= 15 is 0 Å². The maximum atomic E-state index is 13.1. The third-order valence-corrected chi connectivity index (χ3v) is 5.65. The van der Waals surface area contributed by atoms with Crippen LogP contribution in [0.4, 0.5) is 5.69 Å². The van der Waals surface area contributed by atoms with Crippen LogP contribution in [-0.4, -0.2) is 30.4 Å². The van der Waals surface area contributed by atoms with Crippen LogP contribution in [0.2, 0.25) is 0 Å².